The van der Waals surface area contributed by atoms with Crippen molar-refractivity contribution in [2.45, 2.75) is 34.6 Å². The molecule has 0 radical (unpaired) electrons. The Hall–Kier alpha value is -5.43. The fourth-order valence-electron chi connectivity index (χ4n) is 4.73. The van der Waals surface area contributed by atoms with Crippen LogP contribution in [0.2, 0.25) is 15.2 Å². The molecule has 352 valence electrons. The van der Waals surface area contributed by atoms with Crippen LogP contribution < -0.4 is 17.3 Å². The summed E-state index contributed by atoms with van der Waals surface area (Å²) in [5.74, 6) is -4.09. The number of pyridine rings is 3. The zero-order valence-corrected chi connectivity index (χ0v) is 40.2. The van der Waals surface area contributed by atoms with E-state index in [9.17, 15) is 33.6 Å². The number of nitrogens with zero attached hydrogens (tertiary/aromatic N) is 1. The standard InChI is InChI=1S/C12H9Cl2NO2.C12H10ClNO3.C12H11NO4.2C2H4O2.Cl3OP.H3N/c1-2-17-12(16)9-10(13)7-5-3-4-6-8(7)15-11(9)14;1-2-17-12(16)9-10(13)7-5-3-4-6-8(7)14-11(9)15;1-2-17-12(16)9-10(14)7-5-3-4-6-8(7)13-11(9)15;2*1-2(3)4;1-5(2,3)4;/h3-6H,2H2,1H3;3-6H,2H2,1H3,(H,14,15);3-6H,2H2,1H3,(H2,13,14,15);2*1H3,(H,3,4);;1H3. The van der Waals surface area contributed by atoms with Crippen molar-refractivity contribution in [2.75, 3.05) is 19.8 Å². The van der Waals surface area contributed by atoms with Gasteiger partial charge in [0, 0.05) is 35.5 Å². The van der Waals surface area contributed by atoms with Crippen molar-refractivity contribution < 1.29 is 58.1 Å². The molecule has 0 atom stereocenters. The molecule has 0 fully saturated rings. The van der Waals surface area contributed by atoms with Gasteiger partial charge in [0.05, 0.1) is 40.9 Å². The Balaban J connectivity index is 0.000000826. The molecule has 3 aromatic carbocycles. The molecule has 0 saturated carbocycles. The molecule has 0 saturated heterocycles. The number of benzene rings is 3. The SMILES string of the molecule is CC(=O)O.CC(=O)O.CCOC(=O)c1c(Cl)c2ccccc2[nH]c1=O.CCOC(=O)c1c(Cl)nc2ccccc2c1Cl.CCOC(=O)c1c(O)c2ccccc2[nH]c1=O.N.O=P(Cl)(Cl)Cl. The molecule has 0 amide bonds. The number of carbonyl (C=O) groups excluding carboxylic acids is 3. The maximum absolute atomic E-state index is 11.7. The summed E-state index contributed by atoms with van der Waals surface area (Å²) in [7, 11) is 0. The molecule has 18 nitrogen and oxygen atoms in total. The van der Waals surface area contributed by atoms with E-state index >= 15 is 0 Å². The van der Waals surface area contributed by atoms with Crippen LogP contribution in [0.4, 0.5) is 0 Å². The molecule has 0 spiro atoms. The average molecular weight is 1050 g/mol. The van der Waals surface area contributed by atoms with Crippen molar-refractivity contribution in [2.24, 2.45) is 0 Å². The van der Waals surface area contributed by atoms with E-state index in [4.69, 9.17) is 68.8 Å². The number of para-hydroxylation sites is 3. The van der Waals surface area contributed by atoms with Crippen LogP contribution in [0.1, 0.15) is 65.7 Å². The summed E-state index contributed by atoms with van der Waals surface area (Å²) in [5, 5.41) is 23.7. The number of halogens is 6. The Morgan fingerprint density at radius 2 is 0.923 bits per heavy atom. The highest BCUT2D eigenvalue weighted by atomic mass is 36.0. The Kier molecular flexibility index (Phi) is 26.7. The first-order valence-electron chi connectivity index (χ1n) is 17.9. The molecule has 0 unspecified atom stereocenters. The van der Waals surface area contributed by atoms with E-state index in [1.807, 2.05) is 12.1 Å². The number of carboxylic acid groups (broad SMARTS) is 2. The zero-order valence-electron chi connectivity index (χ0n) is 34.8. The highest BCUT2D eigenvalue weighted by molar-refractivity contribution is 8.24. The second-order valence-electron chi connectivity index (χ2n) is 11.6. The molecule has 0 aliphatic rings. The van der Waals surface area contributed by atoms with Gasteiger partial charge >= 0.3 is 23.1 Å². The van der Waals surface area contributed by atoms with E-state index in [2.05, 4.69) is 48.7 Å². The van der Waals surface area contributed by atoms with Crippen LogP contribution in [-0.4, -0.2) is 79.9 Å². The topological polar surface area (TPSA) is 304 Å². The van der Waals surface area contributed by atoms with Gasteiger partial charge in [-0.3, -0.25) is 23.7 Å². The second-order valence-corrected chi connectivity index (χ2v) is 19.4. The van der Waals surface area contributed by atoms with Crippen LogP contribution in [0.15, 0.2) is 82.4 Å². The minimum absolute atomic E-state index is 0. The number of hydrogen-bond acceptors (Lipinski definition) is 14. The van der Waals surface area contributed by atoms with Gasteiger partial charge in [0.25, 0.3) is 23.1 Å². The monoisotopic (exact) mass is 1040 g/mol. The van der Waals surface area contributed by atoms with Crippen LogP contribution in [0.5, 0.6) is 5.75 Å². The first-order chi connectivity index (χ1) is 29.9. The van der Waals surface area contributed by atoms with Gasteiger partial charge in [-0.2, -0.15) is 0 Å². The highest BCUT2D eigenvalue weighted by Crippen LogP contribution is 2.61. The number of aromatic amines is 2. The zero-order chi connectivity index (χ0) is 48.9. The molecular weight excluding hydrogens is 1000 g/mol. The van der Waals surface area contributed by atoms with Crippen molar-refractivity contribution in [3.05, 3.63) is 125 Å². The smallest absolute Gasteiger partial charge is 0.347 e. The molecule has 6 aromatic rings. The van der Waals surface area contributed by atoms with Crippen molar-refractivity contribution in [1.82, 2.24) is 21.1 Å². The predicted octanol–water partition coefficient (Wildman–Crippen LogP) is 10.6. The number of esters is 3. The fraction of sp³-hybridized carbons (Fsp3) is 0.200. The van der Waals surface area contributed by atoms with E-state index in [1.165, 1.54) is 0 Å². The lowest BCUT2D eigenvalue weighted by Crippen LogP contribution is -2.20. The quantitative estimate of drug-likeness (QED) is 0.0391. The van der Waals surface area contributed by atoms with Crippen LogP contribution in [0.3, 0.4) is 0 Å². The van der Waals surface area contributed by atoms with Crippen LogP contribution in [0, 0.1) is 0 Å². The lowest BCUT2D eigenvalue weighted by Gasteiger charge is -2.08. The van der Waals surface area contributed by atoms with Gasteiger partial charge in [-0.25, -0.2) is 19.4 Å². The van der Waals surface area contributed by atoms with Gasteiger partial charge < -0.3 is 45.6 Å². The number of nitrogens with one attached hydrogen (secondary N) is 2. The van der Waals surface area contributed by atoms with Crippen LogP contribution in [-0.2, 0) is 28.4 Å². The molecule has 3 aromatic heterocycles. The summed E-state index contributed by atoms with van der Waals surface area (Å²) in [4.78, 5) is 85.5. The molecule has 65 heavy (non-hydrogen) atoms. The van der Waals surface area contributed by atoms with E-state index in [-0.39, 0.29) is 63.6 Å². The van der Waals surface area contributed by atoms with E-state index in [1.54, 1.807) is 81.4 Å². The van der Waals surface area contributed by atoms with E-state index in [0.717, 1.165) is 13.8 Å². The number of carbonyl (C=O) groups is 5. The van der Waals surface area contributed by atoms with Crippen LogP contribution >= 0.6 is 73.7 Å². The highest BCUT2D eigenvalue weighted by Gasteiger charge is 2.22. The summed E-state index contributed by atoms with van der Waals surface area (Å²) < 4.78 is 23.9. The largest absolute Gasteiger partial charge is 0.506 e. The summed E-state index contributed by atoms with van der Waals surface area (Å²) in [6, 6.07) is 20.9. The summed E-state index contributed by atoms with van der Waals surface area (Å²) in [5.41, 5.74) is 0.146. The minimum atomic E-state index is -3.22. The summed E-state index contributed by atoms with van der Waals surface area (Å²) >= 11 is 32.0. The normalized spacial score (nSPS) is 9.89. The molecule has 0 aliphatic heterocycles. The van der Waals surface area contributed by atoms with Crippen molar-refractivity contribution in [1.29, 1.82) is 0 Å². The van der Waals surface area contributed by atoms with Gasteiger partial charge in [0.1, 0.15) is 22.0 Å². The number of aliphatic carboxylic acids is 2. The van der Waals surface area contributed by atoms with Gasteiger partial charge in [-0.15, -0.1) is 0 Å². The third kappa shape index (κ3) is 20.1. The second kappa shape index (κ2) is 29.2. The maximum Gasteiger partial charge on any atom is 0.347 e. The first kappa shape index (κ1) is 59.6. The number of carboxylic acids is 2. The Morgan fingerprint density at radius 3 is 1.37 bits per heavy atom. The number of hydrogen-bond donors (Lipinski definition) is 6. The van der Waals surface area contributed by atoms with Crippen LogP contribution in [0.25, 0.3) is 32.7 Å². The third-order valence-corrected chi connectivity index (χ3v) is 8.03. The number of aromatic nitrogens is 3. The number of rotatable bonds is 6. The van der Waals surface area contributed by atoms with Gasteiger partial charge in [0.2, 0.25) is 0 Å². The number of ether oxygens (including phenoxy) is 3. The first-order valence-corrected chi connectivity index (χ1v) is 23.4. The number of H-pyrrole nitrogens is 2. The third-order valence-electron chi connectivity index (χ3n) is 6.98. The molecular formula is C40H41Cl6N4O14P. The van der Waals surface area contributed by atoms with Gasteiger partial charge in [-0.1, -0.05) is 83.3 Å². The molecule has 0 bridgehead atoms. The van der Waals surface area contributed by atoms with E-state index < -0.39 is 46.2 Å². The molecule has 25 heteroatoms. The Morgan fingerprint density at radius 1 is 0.600 bits per heavy atom. The average Bonchev–Trinajstić information content (AvgIpc) is 3.18. The number of aromatic hydroxyl groups is 1. The molecule has 8 N–H and O–H groups in total. The summed E-state index contributed by atoms with van der Waals surface area (Å²) in [6.45, 7) is 7.78. The lowest BCUT2D eigenvalue weighted by molar-refractivity contribution is -0.135. The molecule has 0 aliphatic carbocycles. The fourth-order valence-corrected chi connectivity index (χ4v) is 5.69. The van der Waals surface area contributed by atoms with Gasteiger partial charge in [0.15, 0.2) is 5.56 Å². The van der Waals surface area contributed by atoms with Gasteiger partial charge in [-0.05, 0) is 78.8 Å². The minimum Gasteiger partial charge on any atom is -0.506 e. The lowest BCUT2D eigenvalue weighted by atomic mass is 10.1. The molecule has 6 rings (SSSR count). The summed E-state index contributed by atoms with van der Waals surface area (Å²) in [6.07, 6.45) is 0. The van der Waals surface area contributed by atoms with E-state index in [0.29, 0.717) is 32.7 Å². The Bertz CT molecular complexity index is 2640. The van der Waals surface area contributed by atoms with Crippen molar-refractivity contribution in [3.8, 4) is 5.75 Å². The predicted molar refractivity (Wildman–Crippen MR) is 252 cm³/mol. The Labute approximate surface area is 398 Å². The maximum atomic E-state index is 11.7. The number of fused-ring (bicyclic) bond motifs is 3. The van der Waals surface area contributed by atoms with Crippen molar-refractivity contribution >= 4 is 136 Å². The molecule has 3 heterocycles. The van der Waals surface area contributed by atoms with Crippen molar-refractivity contribution in [3.63, 3.8) is 0 Å².